The Morgan fingerprint density at radius 3 is 2.37 bits per heavy atom. The van der Waals surface area contributed by atoms with E-state index in [2.05, 4.69) is 4.72 Å². The van der Waals surface area contributed by atoms with E-state index in [1.54, 1.807) is 12.1 Å². The molecule has 0 saturated heterocycles. The molecule has 0 radical (unpaired) electrons. The Labute approximate surface area is 161 Å². The highest BCUT2D eigenvalue weighted by Gasteiger charge is 2.22. The van der Waals surface area contributed by atoms with Crippen molar-refractivity contribution in [3.05, 3.63) is 47.5 Å². The number of benzene rings is 2. The summed E-state index contributed by atoms with van der Waals surface area (Å²) in [6.07, 6.45) is 1.06. The molecule has 6 nitrogen and oxygen atoms in total. The number of hydrogen-bond donors (Lipinski definition) is 4. The highest BCUT2D eigenvalue weighted by molar-refractivity contribution is 7.92. The fourth-order valence-corrected chi connectivity index (χ4v) is 4.22. The van der Waals surface area contributed by atoms with Gasteiger partial charge in [-0.3, -0.25) is 4.72 Å². The summed E-state index contributed by atoms with van der Waals surface area (Å²) in [4.78, 5) is 0.0918. The molecule has 27 heavy (non-hydrogen) atoms. The molecule has 0 fully saturated rings. The summed E-state index contributed by atoms with van der Waals surface area (Å²) in [5.74, 6) is 0.309. The van der Waals surface area contributed by atoms with E-state index in [4.69, 9.17) is 5.73 Å². The van der Waals surface area contributed by atoms with E-state index in [0.717, 1.165) is 0 Å². The molecule has 0 saturated carbocycles. The first-order valence-electron chi connectivity index (χ1n) is 8.99. The lowest BCUT2D eigenvalue weighted by Crippen LogP contribution is -2.17. The minimum Gasteiger partial charge on any atom is -0.508 e. The minimum absolute atomic E-state index is 0.0187. The minimum atomic E-state index is -3.93. The van der Waals surface area contributed by atoms with Crippen LogP contribution in [0.2, 0.25) is 0 Å². The molecule has 0 heterocycles. The fraction of sp³-hybridized carbons (Fsp3) is 0.400. The normalized spacial score (nSPS) is 12.9. The molecule has 0 unspecified atom stereocenters. The summed E-state index contributed by atoms with van der Waals surface area (Å²) < 4.78 is 28.3. The Kier molecular flexibility index (Phi) is 6.73. The highest BCUT2D eigenvalue weighted by Crippen LogP contribution is 2.32. The molecule has 7 heteroatoms. The molecule has 2 aromatic carbocycles. The maximum Gasteiger partial charge on any atom is 0.262 e. The summed E-state index contributed by atoms with van der Waals surface area (Å²) >= 11 is 0. The number of hydrogen-bond acceptors (Lipinski definition) is 5. The number of aromatic hydroxyl groups is 2. The zero-order valence-electron chi connectivity index (χ0n) is 15.9. The van der Waals surface area contributed by atoms with Gasteiger partial charge in [0.2, 0.25) is 0 Å². The zero-order chi connectivity index (χ0) is 20.2. The van der Waals surface area contributed by atoms with Gasteiger partial charge >= 0.3 is 0 Å². The largest absolute Gasteiger partial charge is 0.508 e. The van der Waals surface area contributed by atoms with Gasteiger partial charge < -0.3 is 15.9 Å². The van der Waals surface area contributed by atoms with E-state index in [1.807, 2.05) is 20.8 Å². The van der Waals surface area contributed by atoms with Gasteiger partial charge in [-0.25, -0.2) is 8.42 Å². The third-order valence-electron chi connectivity index (χ3n) is 4.30. The van der Waals surface area contributed by atoms with Gasteiger partial charge in [0.1, 0.15) is 11.5 Å². The van der Waals surface area contributed by atoms with E-state index in [-0.39, 0.29) is 33.9 Å². The van der Waals surface area contributed by atoms with E-state index < -0.39 is 10.0 Å². The van der Waals surface area contributed by atoms with Crippen molar-refractivity contribution in [1.29, 1.82) is 0 Å². The number of anilines is 1. The van der Waals surface area contributed by atoms with Gasteiger partial charge in [-0.05, 0) is 66.6 Å². The number of phenolic OH excluding ortho intramolecular Hbond substituents is 2. The first-order valence-corrected chi connectivity index (χ1v) is 10.5. The average Bonchev–Trinajstić information content (AvgIpc) is 2.57. The number of nitrogens with one attached hydrogen (secondary N) is 1. The smallest absolute Gasteiger partial charge is 0.262 e. The van der Waals surface area contributed by atoms with Gasteiger partial charge in [0.15, 0.2) is 0 Å². The second-order valence-corrected chi connectivity index (χ2v) is 9.00. The summed E-state index contributed by atoms with van der Waals surface area (Å²) in [5.41, 5.74) is 6.94. The van der Waals surface area contributed by atoms with Crippen LogP contribution in [0.1, 0.15) is 31.9 Å². The zero-order valence-corrected chi connectivity index (χ0v) is 16.8. The van der Waals surface area contributed by atoms with Crippen molar-refractivity contribution in [2.75, 3.05) is 11.3 Å². The molecular formula is C20H28N2O4S. The number of para-hydroxylation sites is 1. The number of rotatable bonds is 8. The van der Waals surface area contributed by atoms with Gasteiger partial charge in [-0.1, -0.05) is 32.9 Å². The van der Waals surface area contributed by atoms with Crippen LogP contribution in [-0.4, -0.2) is 25.2 Å². The highest BCUT2D eigenvalue weighted by atomic mass is 32.2. The van der Waals surface area contributed by atoms with Crippen LogP contribution in [-0.2, 0) is 22.9 Å². The van der Waals surface area contributed by atoms with E-state index >= 15 is 0 Å². The Morgan fingerprint density at radius 2 is 1.74 bits per heavy atom. The summed E-state index contributed by atoms with van der Waals surface area (Å²) in [5, 5.41) is 20.2. The molecule has 2 rings (SSSR count). The van der Waals surface area contributed by atoms with Gasteiger partial charge in [0, 0.05) is 0 Å². The lowest BCUT2D eigenvalue weighted by molar-refractivity contribution is 0.462. The van der Waals surface area contributed by atoms with Crippen LogP contribution in [0.15, 0.2) is 41.3 Å². The Balaban J connectivity index is 2.39. The van der Waals surface area contributed by atoms with E-state index in [0.29, 0.717) is 30.5 Å². The average molecular weight is 393 g/mol. The van der Waals surface area contributed by atoms with Crippen LogP contribution < -0.4 is 10.5 Å². The van der Waals surface area contributed by atoms with Crippen molar-refractivity contribution < 1.29 is 18.6 Å². The van der Waals surface area contributed by atoms with E-state index in [1.165, 1.54) is 24.3 Å². The Bertz CT molecular complexity index is 895. The third kappa shape index (κ3) is 5.37. The van der Waals surface area contributed by atoms with Crippen molar-refractivity contribution >= 4 is 15.7 Å². The molecule has 0 spiro atoms. The van der Waals surface area contributed by atoms with Gasteiger partial charge in [-0.2, -0.15) is 0 Å². The van der Waals surface area contributed by atoms with Crippen LogP contribution in [0.4, 0.5) is 5.69 Å². The first-order chi connectivity index (χ1) is 12.6. The predicted octanol–water partition coefficient (Wildman–Crippen LogP) is 3.23. The van der Waals surface area contributed by atoms with Crippen LogP contribution in [0.25, 0.3) is 0 Å². The monoisotopic (exact) mass is 392 g/mol. The topological polar surface area (TPSA) is 113 Å². The molecule has 0 bridgehead atoms. The van der Waals surface area contributed by atoms with Crippen molar-refractivity contribution in [3.8, 4) is 11.5 Å². The molecule has 0 aliphatic rings. The molecular weight excluding hydrogens is 364 g/mol. The van der Waals surface area contributed by atoms with Gasteiger partial charge in [0.05, 0.1) is 10.6 Å². The lowest BCUT2D eigenvalue weighted by atomic mass is 10.00. The Morgan fingerprint density at radius 1 is 1.04 bits per heavy atom. The molecule has 2 aromatic rings. The predicted molar refractivity (Wildman–Crippen MR) is 107 cm³/mol. The van der Waals surface area contributed by atoms with E-state index in [9.17, 15) is 18.6 Å². The number of nitrogens with two attached hydrogens (primary N) is 1. The second kappa shape index (κ2) is 8.63. The fourth-order valence-electron chi connectivity index (χ4n) is 2.92. The molecule has 0 aliphatic heterocycles. The molecule has 1 atom stereocenters. The van der Waals surface area contributed by atoms with Crippen molar-refractivity contribution in [3.63, 3.8) is 0 Å². The molecule has 0 aliphatic carbocycles. The summed E-state index contributed by atoms with van der Waals surface area (Å²) in [7, 11) is -3.93. The first kappa shape index (κ1) is 21.1. The van der Waals surface area contributed by atoms with Crippen LogP contribution in [0.3, 0.4) is 0 Å². The number of phenols is 2. The second-order valence-electron chi connectivity index (χ2n) is 7.35. The van der Waals surface area contributed by atoms with Crippen LogP contribution >= 0.6 is 0 Å². The summed E-state index contributed by atoms with van der Waals surface area (Å²) in [6, 6.07) is 9.16. The molecule has 148 valence electrons. The molecule has 0 amide bonds. The van der Waals surface area contributed by atoms with Gasteiger partial charge in [0.25, 0.3) is 10.0 Å². The summed E-state index contributed by atoms with van der Waals surface area (Å²) in [6.45, 7) is 6.38. The van der Waals surface area contributed by atoms with Crippen molar-refractivity contribution in [2.24, 2.45) is 17.6 Å². The maximum absolute atomic E-state index is 12.9. The van der Waals surface area contributed by atoms with Crippen LogP contribution in [0.5, 0.6) is 11.5 Å². The lowest BCUT2D eigenvalue weighted by Gasteiger charge is -2.16. The molecule has 5 N–H and O–H groups in total. The maximum atomic E-state index is 12.9. The Hall–Kier alpha value is -2.25. The standard InChI is InChI=1S/C20H28N2O4S/c1-13(2)9-16-11-17(23)7-8-19(16)27(25,26)22-18-6-4-5-15(20(18)24)10-14(3)12-21/h4-8,11,13-14,22-24H,9-10,12,21H2,1-3H3/t14-/m1/s1. The third-order valence-corrected chi connectivity index (χ3v) is 5.76. The van der Waals surface area contributed by atoms with Crippen LogP contribution in [0, 0.1) is 11.8 Å². The number of sulfonamides is 1. The van der Waals surface area contributed by atoms with Crippen molar-refractivity contribution in [1.82, 2.24) is 0 Å². The molecule has 0 aromatic heterocycles. The van der Waals surface area contributed by atoms with Gasteiger partial charge in [-0.15, -0.1) is 0 Å². The SMILES string of the molecule is CC(C)Cc1cc(O)ccc1S(=O)(=O)Nc1cccc(C[C@@H](C)CN)c1O. The van der Waals surface area contributed by atoms with Crippen molar-refractivity contribution in [2.45, 2.75) is 38.5 Å². The quantitative estimate of drug-likeness (QED) is 0.515.